The largest absolute Gasteiger partial charge is 0.744 e. The number of hydrogen-bond donors (Lipinski definition) is 2. The molecular formula is C15H19N2O3S-. The summed E-state index contributed by atoms with van der Waals surface area (Å²) in [6, 6.07) is 10.4. The summed E-state index contributed by atoms with van der Waals surface area (Å²) in [7, 11) is -4.47. The van der Waals surface area contributed by atoms with E-state index in [0.717, 1.165) is 17.6 Å². The van der Waals surface area contributed by atoms with Crippen molar-refractivity contribution in [1.29, 1.82) is 0 Å². The first-order valence-corrected chi connectivity index (χ1v) is 8.25. The Morgan fingerprint density at radius 3 is 2.38 bits per heavy atom. The Morgan fingerprint density at radius 2 is 1.71 bits per heavy atom. The summed E-state index contributed by atoms with van der Waals surface area (Å²) < 4.78 is 33.9. The molecule has 0 saturated carbocycles. The first kappa shape index (κ1) is 15.8. The van der Waals surface area contributed by atoms with Crippen LogP contribution in [-0.4, -0.2) is 32.1 Å². The van der Waals surface area contributed by atoms with Gasteiger partial charge < -0.3 is 15.2 Å². The predicted molar refractivity (Wildman–Crippen MR) is 83.5 cm³/mol. The van der Waals surface area contributed by atoms with E-state index in [1.165, 1.54) is 6.07 Å². The van der Waals surface area contributed by atoms with Gasteiger partial charge in [0, 0.05) is 35.6 Å². The van der Waals surface area contributed by atoms with Crippen LogP contribution in [-0.2, 0) is 10.1 Å². The van der Waals surface area contributed by atoms with Crippen molar-refractivity contribution in [2.24, 2.45) is 0 Å². The molecule has 0 heterocycles. The number of benzene rings is 2. The van der Waals surface area contributed by atoms with Crippen LogP contribution in [0.15, 0.2) is 41.3 Å². The molecule has 0 spiro atoms. The van der Waals surface area contributed by atoms with E-state index in [-0.39, 0.29) is 4.90 Å². The quantitative estimate of drug-likeness (QED) is 0.631. The average molecular weight is 307 g/mol. The molecule has 0 aliphatic carbocycles. The summed E-state index contributed by atoms with van der Waals surface area (Å²) in [4.78, 5) is -0.177. The molecule has 0 aromatic heterocycles. The van der Waals surface area contributed by atoms with E-state index in [1.807, 2.05) is 12.1 Å². The Labute approximate surface area is 125 Å². The van der Waals surface area contributed by atoms with Crippen LogP contribution in [0, 0.1) is 0 Å². The predicted octanol–water partition coefficient (Wildman–Crippen LogP) is 2.15. The third-order valence-electron chi connectivity index (χ3n) is 3.14. The van der Waals surface area contributed by atoms with Crippen molar-refractivity contribution >= 4 is 26.6 Å². The number of anilines is 1. The summed E-state index contributed by atoms with van der Waals surface area (Å²) in [6.07, 6.45) is 0. The number of nitrogens with one attached hydrogen (secondary N) is 2. The lowest BCUT2D eigenvalue weighted by molar-refractivity contribution is 0.464. The second-order valence-corrected chi connectivity index (χ2v) is 6.49. The minimum absolute atomic E-state index is 0.177. The molecule has 0 bridgehead atoms. The molecule has 6 heteroatoms. The highest BCUT2D eigenvalue weighted by atomic mass is 32.2. The number of hydrogen-bond acceptors (Lipinski definition) is 5. The van der Waals surface area contributed by atoms with Gasteiger partial charge in [-0.15, -0.1) is 0 Å². The Bertz CT molecular complexity index is 727. The van der Waals surface area contributed by atoms with Crippen LogP contribution in [0.4, 0.5) is 5.69 Å². The maximum Gasteiger partial charge on any atom is 0.125 e. The SMILES string of the molecule is CC(C)NCCNc1cccc2c(S(=O)(=O)[O-])cccc12. The van der Waals surface area contributed by atoms with Gasteiger partial charge in [-0.2, -0.15) is 0 Å². The molecule has 2 aromatic carbocycles. The van der Waals surface area contributed by atoms with E-state index >= 15 is 0 Å². The lowest BCUT2D eigenvalue weighted by Gasteiger charge is -2.15. The zero-order valence-electron chi connectivity index (χ0n) is 12.1. The summed E-state index contributed by atoms with van der Waals surface area (Å²) in [5.74, 6) is 0. The third-order valence-corrected chi connectivity index (χ3v) is 4.04. The molecule has 2 rings (SSSR count). The van der Waals surface area contributed by atoms with Crippen LogP contribution in [0.3, 0.4) is 0 Å². The molecule has 0 aliphatic rings. The smallest absolute Gasteiger partial charge is 0.125 e. The summed E-state index contributed by atoms with van der Waals surface area (Å²) in [5.41, 5.74) is 0.823. The molecule has 0 saturated heterocycles. The lowest BCUT2D eigenvalue weighted by Crippen LogP contribution is -2.28. The fourth-order valence-electron chi connectivity index (χ4n) is 2.21. The minimum Gasteiger partial charge on any atom is -0.744 e. The Kier molecular flexibility index (Phi) is 4.82. The van der Waals surface area contributed by atoms with Crippen molar-refractivity contribution in [3.05, 3.63) is 36.4 Å². The lowest BCUT2D eigenvalue weighted by atomic mass is 10.1. The Morgan fingerprint density at radius 1 is 1.05 bits per heavy atom. The van der Waals surface area contributed by atoms with Crippen LogP contribution in [0.25, 0.3) is 10.8 Å². The number of rotatable bonds is 6. The molecule has 0 unspecified atom stereocenters. The van der Waals surface area contributed by atoms with Gasteiger partial charge in [0.25, 0.3) is 0 Å². The second kappa shape index (κ2) is 6.43. The Balaban J connectivity index is 2.30. The van der Waals surface area contributed by atoms with Crippen molar-refractivity contribution in [1.82, 2.24) is 5.32 Å². The van der Waals surface area contributed by atoms with Crippen LogP contribution in [0.1, 0.15) is 13.8 Å². The molecule has 5 nitrogen and oxygen atoms in total. The molecule has 114 valence electrons. The molecule has 2 N–H and O–H groups in total. The van der Waals surface area contributed by atoms with Crippen LogP contribution in [0.5, 0.6) is 0 Å². The van der Waals surface area contributed by atoms with Crippen molar-refractivity contribution in [2.75, 3.05) is 18.4 Å². The standard InChI is InChI=1S/C15H20N2O3S/c1-11(2)16-9-10-17-14-7-3-6-13-12(14)5-4-8-15(13)21(18,19)20/h3-8,11,16-17H,9-10H2,1-2H3,(H,18,19,20)/p-1. The highest BCUT2D eigenvalue weighted by molar-refractivity contribution is 7.86. The zero-order chi connectivity index (χ0) is 15.5. The van der Waals surface area contributed by atoms with Gasteiger partial charge in [-0.05, 0) is 12.1 Å². The van der Waals surface area contributed by atoms with Gasteiger partial charge in [-0.25, -0.2) is 8.42 Å². The molecule has 0 amide bonds. The normalized spacial score (nSPS) is 12.0. The van der Waals surface area contributed by atoms with E-state index in [0.29, 0.717) is 18.0 Å². The zero-order valence-corrected chi connectivity index (χ0v) is 12.9. The van der Waals surface area contributed by atoms with Gasteiger partial charge in [0.15, 0.2) is 0 Å². The summed E-state index contributed by atoms with van der Waals surface area (Å²) in [5, 5.41) is 7.74. The highest BCUT2D eigenvalue weighted by Crippen LogP contribution is 2.28. The minimum atomic E-state index is -4.47. The summed E-state index contributed by atoms with van der Waals surface area (Å²) in [6.45, 7) is 5.66. The van der Waals surface area contributed by atoms with Gasteiger partial charge in [0.1, 0.15) is 10.1 Å². The molecule has 21 heavy (non-hydrogen) atoms. The van der Waals surface area contributed by atoms with Gasteiger partial charge in [0.05, 0.1) is 4.90 Å². The maximum atomic E-state index is 11.3. The van der Waals surface area contributed by atoms with Crippen molar-refractivity contribution in [3.8, 4) is 0 Å². The molecule has 2 aromatic rings. The molecule has 0 fully saturated rings. The van der Waals surface area contributed by atoms with Crippen molar-refractivity contribution < 1.29 is 13.0 Å². The van der Waals surface area contributed by atoms with E-state index in [2.05, 4.69) is 24.5 Å². The third kappa shape index (κ3) is 3.93. The fourth-order valence-corrected chi connectivity index (χ4v) is 2.90. The topological polar surface area (TPSA) is 81.3 Å². The fraction of sp³-hybridized carbons (Fsp3) is 0.333. The van der Waals surface area contributed by atoms with Gasteiger partial charge >= 0.3 is 0 Å². The van der Waals surface area contributed by atoms with Crippen LogP contribution < -0.4 is 10.6 Å². The van der Waals surface area contributed by atoms with E-state index < -0.39 is 10.1 Å². The Hall–Kier alpha value is -1.63. The number of fused-ring (bicyclic) bond motifs is 1. The van der Waals surface area contributed by atoms with Gasteiger partial charge in [-0.3, -0.25) is 0 Å². The average Bonchev–Trinajstić information content (AvgIpc) is 2.41. The van der Waals surface area contributed by atoms with Crippen LogP contribution >= 0.6 is 0 Å². The van der Waals surface area contributed by atoms with Crippen molar-refractivity contribution in [2.45, 2.75) is 24.8 Å². The van der Waals surface area contributed by atoms with E-state index in [1.54, 1.807) is 18.2 Å². The highest BCUT2D eigenvalue weighted by Gasteiger charge is 2.09. The molecule has 0 radical (unpaired) electrons. The second-order valence-electron chi connectivity index (χ2n) is 5.15. The maximum absolute atomic E-state index is 11.3. The summed E-state index contributed by atoms with van der Waals surface area (Å²) >= 11 is 0. The van der Waals surface area contributed by atoms with E-state index in [4.69, 9.17) is 0 Å². The first-order valence-electron chi connectivity index (χ1n) is 6.84. The van der Waals surface area contributed by atoms with Crippen molar-refractivity contribution in [3.63, 3.8) is 0 Å². The first-order chi connectivity index (χ1) is 9.89. The van der Waals surface area contributed by atoms with Crippen LogP contribution in [0.2, 0.25) is 0 Å². The molecule has 0 atom stereocenters. The molecular weight excluding hydrogens is 288 g/mol. The van der Waals surface area contributed by atoms with Gasteiger partial charge in [-0.1, -0.05) is 38.1 Å². The molecule has 0 aliphatic heterocycles. The van der Waals surface area contributed by atoms with Gasteiger partial charge in [0.2, 0.25) is 0 Å². The monoisotopic (exact) mass is 307 g/mol. The van der Waals surface area contributed by atoms with E-state index in [9.17, 15) is 13.0 Å².